The van der Waals surface area contributed by atoms with E-state index in [-0.39, 0.29) is 5.91 Å². The number of methoxy groups -OCH3 is 1. The zero-order valence-electron chi connectivity index (χ0n) is 14.7. The van der Waals surface area contributed by atoms with Crippen LogP contribution in [0.1, 0.15) is 28.2 Å². The van der Waals surface area contributed by atoms with Gasteiger partial charge >= 0.3 is 0 Å². The third-order valence-electron chi connectivity index (χ3n) is 4.58. The van der Waals surface area contributed by atoms with Crippen LogP contribution in [0.4, 0.5) is 5.82 Å². The summed E-state index contributed by atoms with van der Waals surface area (Å²) in [6.45, 7) is 0. The first-order valence-electron chi connectivity index (χ1n) is 8.49. The van der Waals surface area contributed by atoms with E-state index in [2.05, 4.69) is 20.4 Å². The van der Waals surface area contributed by atoms with Gasteiger partial charge in [-0.1, -0.05) is 0 Å². The fraction of sp³-hybridized carbons (Fsp3) is 0.263. The van der Waals surface area contributed by atoms with Gasteiger partial charge in [0.2, 0.25) is 0 Å². The molecular formula is C19H19N5O2. The maximum atomic E-state index is 12.9. The number of carbonyl (C=O) groups excluding carboxylic acids is 1. The van der Waals surface area contributed by atoms with Gasteiger partial charge in [0.1, 0.15) is 17.1 Å². The highest BCUT2D eigenvalue weighted by molar-refractivity contribution is 6.05. The second kappa shape index (κ2) is 6.59. The lowest BCUT2D eigenvalue weighted by Crippen LogP contribution is -2.19. The minimum atomic E-state index is -0.210. The molecule has 0 saturated heterocycles. The standard InChI is InChI=1S/C19H19N5O2/c1-24-17(14-4-3-5-15(14)23-24)19(25)22-18-16(20-10-11-21-18)12-6-8-13(26-2)9-7-12/h6-11H,3-5H2,1-2H3,(H,21,22,25). The van der Waals surface area contributed by atoms with Gasteiger partial charge in [-0.2, -0.15) is 5.10 Å². The normalized spacial score (nSPS) is 12.7. The van der Waals surface area contributed by atoms with E-state index in [4.69, 9.17) is 4.74 Å². The van der Waals surface area contributed by atoms with Gasteiger partial charge in [0, 0.05) is 30.6 Å². The van der Waals surface area contributed by atoms with Crippen molar-refractivity contribution in [1.29, 1.82) is 0 Å². The largest absolute Gasteiger partial charge is 0.497 e. The number of amides is 1. The summed E-state index contributed by atoms with van der Waals surface area (Å²) in [5, 5.41) is 7.37. The van der Waals surface area contributed by atoms with E-state index in [1.54, 1.807) is 31.2 Å². The Balaban J connectivity index is 1.66. The van der Waals surface area contributed by atoms with Crippen LogP contribution in [0.2, 0.25) is 0 Å². The second-order valence-electron chi connectivity index (χ2n) is 6.19. The summed E-state index contributed by atoms with van der Waals surface area (Å²) in [6, 6.07) is 7.48. The topological polar surface area (TPSA) is 81.9 Å². The van der Waals surface area contributed by atoms with Crippen molar-refractivity contribution in [3.63, 3.8) is 0 Å². The number of fused-ring (bicyclic) bond motifs is 1. The van der Waals surface area contributed by atoms with E-state index in [0.29, 0.717) is 17.2 Å². The molecule has 0 unspecified atom stereocenters. The Hall–Kier alpha value is -3.22. The third kappa shape index (κ3) is 2.81. The second-order valence-corrected chi connectivity index (χ2v) is 6.19. The number of hydrogen-bond acceptors (Lipinski definition) is 5. The van der Waals surface area contributed by atoms with Crippen LogP contribution in [0.5, 0.6) is 5.75 Å². The Morgan fingerprint density at radius 1 is 1.15 bits per heavy atom. The summed E-state index contributed by atoms with van der Waals surface area (Å²) in [6.07, 6.45) is 6.03. The van der Waals surface area contributed by atoms with Crippen LogP contribution in [-0.2, 0) is 19.9 Å². The number of carbonyl (C=O) groups is 1. The first-order valence-corrected chi connectivity index (χ1v) is 8.49. The number of hydrogen-bond donors (Lipinski definition) is 1. The van der Waals surface area contributed by atoms with Crippen LogP contribution in [0.25, 0.3) is 11.3 Å². The first kappa shape index (κ1) is 16.3. The Kier molecular flexibility index (Phi) is 4.12. The maximum absolute atomic E-state index is 12.9. The van der Waals surface area contributed by atoms with E-state index in [0.717, 1.165) is 41.8 Å². The summed E-state index contributed by atoms with van der Waals surface area (Å²) in [4.78, 5) is 21.6. The number of anilines is 1. The quantitative estimate of drug-likeness (QED) is 0.783. The van der Waals surface area contributed by atoms with Gasteiger partial charge in [0.25, 0.3) is 5.91 Å². The molecule has 26 heavy (non-hydrogen) atoms. The minimum Gasteiger partial charge on any atom is -0.497 e. The third-order valence-corrected chi connectivity index (χ3v) is 4.58. The molecule has 0 bridgehead atoms. The number of benzene rings is 1. The van der Waals surface area contributed by atoms with Crippen molar-refractivity contribution in [2.75, 3.05) is 12.4 Å². The zero-order valence-corrected chi connectivity index (χ0v) is 14.7. The Morgan fingerprint density at radius 2 is 1.92 bits per heavy atom. The molecule has 4 rings (SSSR count). The smallest absolute Gasteiger partial charge is 0.275 e. The predicted octanol–water partition coefficient (Wildman–Crippen LogP) is 2.63. The van der Waals surface area contributed by atoms with Crippen molar-refractivity contribution in [3.8, 4) is 17.0 Å². The molecule has 2 heterocycles. The highest BCUT2D eigenvalue weighted by atomic mass is 16.5. The van der Waals surface area contributed by atoms with Crippen LogP contribution in [-0.4, -0.2) is 32.8 Å². The number of nitrogens with zero attached hydrogens (tertiary/aromatic N) is 4. The highest BCUT2D eigenvalue weighted by Crippen LogP contribution is 2.28. The monoisotopic (exact) mass is 349 g/mol. The molecule has 0 fully saturated rings. The summed E-state index contributed by atoms with van der Waals surface area (Å²) in [5.74, 6) is 0.975. The molecular weight excluding hydrogens is 330 g/mol. The van der Waals surface area contributed by atoms with Gasteiger partial charge in [-0.15, -0.1) is 0 Å². The fourth-order valence-electron chi connectivity index (χ4n) is 3.36. The lowest BCUT2D eigenvalue weighted by Gasteiger charge is -2.10. The lowest BCUT2D eigenvalue weighted by atomic mass is 10.1. The molecule has 1 amide bonds. The highest BCUT2D eigenvalue weighted by Gasteiger charge is 2.26. The van der Waals surface area contributed by atoms with Crippen LogP contribution in [0.15, 0.2) is 36.7 Å². The Labute approximate surface area is 151 Å². The van der Waals surface area contributed by atoms with E-state index in [1.807, 2.05) is 24.3 Å². The van der Waals surface area contributed by atoms with Gasteiger partial charge in [0.15, 0.2) is 5.82 Å². The number of rotatable bonds is 4. The molecule has 1 N–H and O–H groups in total. The molecule has 0 saturated carbocycles. The molecule has 2 aromatic heterocycles. The number of nitrogens with one attached hydrogen (secondary N) is 1. The van der Waals surface area contributed by atoms with Crippen molar-refractivity contribution in [2.24, 2.45) is 7.05 Å². The molecule has 132 valence electrons. The zero-order chi connectivity index (χ0) is 18.1. The van der Waals surface area contributed by atoms with E-state index in [1.165, 1.54) is 0 Å². The molecule has 1 aliphatic rings. The van der Waals surface area contributed by atoms with Gasteiger partial charge in [-0.25, -0.2) is 4.98 Å². The molecule has 0 atom stereocenters. The summed E-state index contributed by atoms with van der Waals surface area (Å²) in [5.41, 5.74) is 4.13. The van der Waals surface area contributed by atoms with Crippen LogP contribution >= 0.6 is 0 Å². The number of aryl methyl sites for hydroxylation is 2. The van der Waals surface area contributed by atoms with E-state index in [9.17, 15) is 4.79 Å². The van der Waals surface area contributed by atoms with Gasteiger partial charge < -0.3 is 10.1 Å². The minimum absolute atomic E-state index is 0.210. The summed E-state index contributed by atoms with van der Waals surface area (Å²) in [7, 11) is 3.42. The van der Waals surface area contributed by atoms with Gasteiger partial charge in [-0.05, 0) is 43.5 Å². The SMILES string of the molecule is COc1ccc(-c2nccnc2NC(=O)c2c3c(nn2C)CCC3)cc1. The number of aromatic nitrogens is 4. The average Bonchev–Trinajstić information content (AvgIpc) is 3.22. The van der Waals surface area contributed by atoms with E-state index < -0.39 is 0 Å². The van der Waals surface area contributed by atoms with Crippen molar-refractivity contribution in [2.45, 2.75) is 19.3 Å². The molecule has 1 aliphatic carbocycles. The van der Waals surface area contributed by atoms with Crippen molar-refractivity contribution >= 4 is 11.7 Å². The van der Waals surface area contributed by atoms with E-state index >= 15 is 0 Å². The Morgan fingerprint density at radius 3 is 2.69 bits per heavy atom. The predicted molar refractivity (Wildman–Crippen MR) is 97.2 cm³/mol. The molecule has 1 aromatic carbocycles. The number of ether oxygens (including phenoxy) is 1. The van der Waals surface area contributed by atoms with Crippen molar-refractivity contribution in [3.05, 3.63) is 53.6 Å². The average molecular weight is 349 g/mol. The lowest BCUT2D eigenvalue weighted by molar-refractivity contribution is 0.101. The fourth-order valence-corrected chi connectivity index (χ4v) is 3.36. The molecule has 7 heteroatoms. The molecule has 0 radical (unpaired) electrons. The maximum Gasteiger partial charge on any atom is 0.275 e. The van der Waals surface area contributed by atoms with Gasteiger partial charge in [0.05, 0.1) is 12.8 Å². The van der Waals surface area contributed by atoms with Crippen LogP contribution < -0.4 is 10.1 Å². The van der Waals surface area contributed by atoms with Crippen LogP contribution in [0.3, 0.4) is 0 Å². The van der Waals surface area contributed by atoms with Crippen molar-refractivity contribution < 1.29 is 9.53 Å². The Bertz CT molecular complexity index is 963. The molecule has 3 aromatic rings. The van der Waals surface area contributed by atoms with Crippen LogP contribution in [0, 0.1) is 0 Å². The summed E-state index contributed by atoms with van der Waals surface area (Å²) >= 11 is 0. The molecule has 0 spiro atoms. The van der Waals surface area contributed by atoms with Gasteiger partial charge in [-0.3, -0.25) is 14.5 Å². The summed E-state index contributed by atoms with van der Waals surface area (Å²) < 4.78 is 6.84. The first-order chi connectivity index (χ1) is 12.7. The molecule has 7 nitrogen and oxygen atoms in total. The van der Waals surface area contributed by atoms with Crippen molar-refractivity contribution in [1.82, 2.24) is 19.7 Å². The molecule has 0 aliphatic heterocycles.